The molecular formula is C18H19N5O3. The molecule has 8 nitrogen and oxygen atoms in total. The van der Waals surface area contributed by atoms with Gasteiger partial charge in [-0.1, -0.05) is 0 Å². The molecule has 26 heavy (non-hydrogen) atoms. The number of benzene rings is 1. The van der Waals surface area contributed by atoms with Gasteiger partial charge in [-0.2, -0.15) is 0 Å². The fourth-order valence-corrected chi connectivity index (χ4v) is 3.06. The van der Waals surface area contributed by atoms with Crippen LogP contribution in [0.4, 0.5) is 17.2 Å². The molecule has 0 bridgehead atoms. The zero-order chi connectivity index (χ0) is 18.1. The number of aliphatic hydroxyl groups is 1. The van der Waals surface area contributed by atoms with Gasteiger partial charge in [-0.05, 0) is 35.9 Å². The molecule has 1 aromatic carbocycles. The number of aliphatic hydroxyl groups excluding tert-OH is 1. The highest BCUT2D eigenvalue weighted by Gasteiger charge is 2.16. The van der Waals surface area contributed by atoms with Crippen LogP contribution in [0.15, 0.2) is 41.3 Å². The highest BCUT2D eigenvalue weighted by Crippen LogP contribution is 2.26. The van der Waals surface area contributed by atoms with Crippen molar-refractivity contribution in [2.75, 3.05) is 24.4 Å². The smallest absolute Gasteiger partial charge is 0.265 e. The van der Waals surface area contributed by atoms with Gasteiger partial charge < -0.3 is 20.5 Å². The number of ether oxygens (including phenoxy) is 1. The van der Waals surface area contributed by atoms with Crippen LogP contribution in [0.25, 0.3) is 5.65 Å². The standard InChI is InChI=1S/C18H19N5O3/c1-26-15-3-2-6-23-17(15)22-16(13(9-24)18(23)25)21-12-4-5-14-11(7-12)8-19-10-20-14/h2-7,19-21,24H,8-10H2,1H3. The maximum absolute atomic E-state index is 12.7. The van der Waals surface area contributed by atoms with Crippen molar-refractivity contribution in [2.24, 2.45) is 0 Å². The molecular weight excluding hydrogens is 334 g/mol. The first-order chi connectivity index (χ1) is 12.7. The largest absolute Gasteiger partial charge is 0.493 e. The van der Waals surface area contributed by atoms with E-state index in [0.717, 1.165) is 30.2 Å². The molecule has 0 atom stereocenters. The quantitative estimate of drug-likeness (QED) is 0.563. The molecule has 134 valence electrons. The fourth-order valence-electron chi connectivity index (χ4n) is 3.06. The molecule has 0 amide bonds. The van der Waals surface area contributed by atoms with Crippen LogP contribution in [0.2, 0.25) is 0 Å². The number of anilines is 3. The zero-order valence-corrected chi connectivity index (χ0v) is 14.2. The molecule has 0 spiro atoms. The Morgan fingerprint density at radius 1 is 1.38 bits per heavy atom. The third kappa shape index (κ3) is 2.75. The first-order valence-corrected chi connectivity index (χ1v) is 8.25. The Labute approximate surface area is 149 Å². The van der Waals surface area contributed by atoms with E-state index in [1.807, 2.05) is 18.2 Å². The average Bonchev–Trinajstić information content (AvgIpc) is 2.68. The van der Waals surface area contributed by atoms with E-state index in [1.165, 1.54) is 11.5 Å². The van der Waals surface area contributed by atoms with Gasteiger partial charge in [-0.3, -0.25) is 14.5 Å². The summed E-state index contributed by atoms with van der Waals surface area (Å²) >= 11 is 0. The second-order valence-electron chi connectivity index (χ2n) is 5.95. The maximum Gasteiger partial charge on any atom is 0.265 e. The molecule has 0 unspecified atom stereocenters. The normalized spacial score (nSPS) is 13.2. The monoisotopic (exact) mass is 353 g/mol. The minimum absolute atomic E-state index is 0.199. The lowest BCUT2D eigenvalue weighted by molar-refractivity contribution is 0.280. The Morgan fingerprint density at radius 3 is 3.08 bits per heavy atom. The van der Waals surface area contributed by atoms with Crippen LogP contribution in [0.1, 0.15) is 11.1 Å². The van der Waals surface area contributed by atoms with Crippen molar-refractivity contribution < 1.29 is 9.84 Å². The van der Waals surface area contributed by atoms with Gasteiger partial charge in [0.1, 0.15) is 5.82 Å². The van der Waals surface area contributed by atoms with E-state index in [0.29, 0.717) is 17.2 Å². The molecule has 0 saturated carbocycles. The number of rotatable bonds is 4. The van der Waals surface area contributed by atoms with Gasteiger partial charge in [-0.25, -0.2) is 4.98 Å². The Kier molecular flexibility index (Phi) is 4.19. The van der Waals surface area contributed by atoms with Crippen molar-refractivity contribution in [2.45, 2.75) is 13.2 Å². The van der Waals surface area contributed by atoms with Gasteiger partial charge >= 0.3 is 0 Å². The van der Waals surface area contributed by atoms with E-state index < -0.39 is 6.61 Å². The third-order valence-electron chi connectivity index (χ3n) is 4.38. The molecule has 4 N–H and O–H groups in total. The summed E-state index contributed by atoms with van der Waals surface area (Å²) in [4.78, 5) is 17.2. The van der Waals surface area contributed by atoms with E-state index in [2.05, 4.69) is 20.9 Å². The Balaban J connectivity index is 1.82. The minimum Gasteiger partial charge on any atom is -0.493 e. The van der Waals surface area contributed by atoms with Crippen molar-refractivity contribution in [1.29, 1.82) is 0 Å². The van der Waals surface area contributed by atoms with E-state index >= 15 is 0 Å². The first-order valence-electron chi connectivity index (χ1n) is 8.25. The van der Waals surface area contributed by atoms with E-state index in [1.54, 1.807) is 18.3 Å². The number of nitrogens with one attached hydrogen (secondary N) is 3. The first kappa shape index (κ1) is 16.4. The van der Waals surface area contributed by atoms with E-state index in [4.69, 9.17) is 4.74 Å². The average molecular weight is 353 g/mol. The predicted molar refractivity (Wildman–Crippen MR) is 99.0 cm³/mol. The SMILES string of the molecule is COc1cccn2c(=O)c(CO)c(Nc3ccc4c(c3)CNCN4)nc12. The molecule has 0 aliphatic carbocycles. The van der Waals surface area contributed by atoms with Gasteiger partial charge in [0.2, 0.25) is 0 Å². The van der Waals surface area contributed by atoms with Gasteiger partial charge in [0, 0.05) is 24.1 Å². The Morgan fingerprint density at radius 2 is 2.27 bits per heavy atom. The summed E-state index contributed by atoms with van der Waals surface area (Å²) in [5.74, 6) is 0.801. The van der Waals surface area contributed by atoms with Gasteiger partial charge in [0.25, 0.3) is 5.56 Å². The number of pyridine rings is 1. The summed E-state index contributed by atoms with van der Waals surface area (Å²) in [5, 5.41) is 19.4. The summed E-state index contributed by atoms with van der Waals surface area (Å²) in [7, 11) is 1.53. The van der Waals surface area contributed by atoms with Gasteiger partial charge in [0.05, 0.1) is 25.9 Å². The molecule has 2 aromatic heterocycles. The van der Waals surface area contributed by atoms with Crippen LogP contribution in [-0.2, 0) is 13.2 Å². The predicted octanol–water partition coefficient (Wildman–Crippen LogP) is 1.41. The van der Waals surface area contributed by atoms with Crippen LogP contribution < -0.4 is 26.2 Å². The van der Waals surface area contributed by atoms with Crippen molar-refractivity contribution >= 4 is 22.8 Å². The molecule has 3 aromatic rings. The summed E-state index contributed by atoms with van der Waals surface area (Å²) in [6.07, 6.45) is 1.60. The molecule has 0 fully saturated rings. The van der Waals surface area contributed by atoms with Crippen LogP contribution >= 0.6 is 0 Å². The number of aromatic nitrogens is 2. The Bertz CT molecular complexity index is 1030. The minimum atomic E-state index is -0.414. The van der Waals surface area contributed by atoms with Crippen LogP contribution in [0.3, 0.4) is 0 Å². The van der Waals surface area contributed by atoms with Crippen molar-refractivity contribution in [3.8, 4) is 5.75 Å². The second-order valence-corrected chi connectivity index (χ2v) is 5.95. The topological polar surface area (TPSA) is 99.9 Å². The summed E-state index contributed by atoms with van der Waals surface area (Å²) in [6.45, 7) is 1.08. The number of hydrogen-bond acceptors (Lipinski definition) is 7. The summed E-state index contributed by atoms with van der Waals surface area (Å²) < 4.78 is 6.68. The van der Waals surface area contributed by atoms with E-state index in [-0.39, 0.29) is 11.1 Å². The molecule has 3 heterocycles. The van der Waals surface area contributed by atoms with Crippen LogP contribution in [0, 0.1) is 0 Å². The zero-order valence-electron chi connectivity index (χ0n) is 14.2. The van der Waals surface area contributed by atoms with Crippen molar-refractivity contribution in [3.05, 3.63) is 58.0 Å². The number of hydrogen-bond donors (Lipinski definition) is 4. The highest BCUT2D eigenvalue weighted by atomic mass is 16.5. The van der Waals surface area contributed by atoms with Gasteiger partial charge in [0.15, 0.2) is 11.4 Å². The second kappa shape index (κ2) is 6.66. The number of methoxy groups -OCH3 is 1. The third-order valence-corrected chi connectivity index (χ3v) is 4.38. The molecule has 4 rings (SSSR count). The van der Waals surface area contributed by atoms with E-state index in [9.17, 15) is 9.90 Å². The lowest BCUT2D eigenvalue weighted by Crippen LogP contribution is -2.27. The lowest BCUT2D eigenvalue weighted by atomic mass is 10.1. The van der Waals surface area contributed by atoms with Crippen molar-refractivity contribution in [1.82, 2.24) is 14.7 Å². The molecule has 1 aliphatic heterocycles. The maximum atomic E-state index is 12.7. The fraction of sp³-hybridized carbons (Fsp3) is 0.222. The molecule has 0 radical (unpaired) electrons. The molecule has 1 aliphatic rings. The number of nitrogens with zero attached hydrogens (tertiary/aromatic N) is 2. The summed E-state index contributed by atoms with van der Waals surface area (Å²) in [6, 6.07) is 9.31. The van der Waals surface area contributed by atoms with Gasteiger partial charge in [-0.15, -0.1) is 0 Å². The summed E-state index contributed by atoms with van der Waals surface area (Å²) in [5.41, 5.74) is 3.23. The van der Waals surface area contributed by atoms with Crippen molar-refractivity contribution in [3.63, 3.8) is 0 Å². The van der Waals surface area contributed by atoms with Crippen LogP contribution in [0.5, 0.6) is 5.75 Å². The molecule has 8 heteroatoms. The lowest BCUT2D eigenvalue weighted by Gasteiger charge is -2.20. The molecule has 0 saturated heterocycles. The number of fused-ring (bicyclic) bond motifs is 2. The van der Waals surface area contributed by atoms with Crippen LogP contribution in [-0.4, -0.2) is 28.3 Å². The Hall–Kier alpha value is -3.10. The highest BCUT2D eigenvalue weighted by molar-refractivity contribution is 5.68.